The third-order valence-electron chi connectivity index (χ3n) is 4.23. The lowest BCUT2D eigenvalue weighted by atomic mass is 10.0. The van der Waals surface area contributed by atoms with Gasteiger partial charge in [0.25, 0.3) is 0 Å². The maximum atomic E-state index is 12.3. The van der Waals surface area contributed by atoms with E-state index in [1.807, 2.05) is 60.7 Å². The minimum atomic E-state index is -0.427. The summed E-state index contributed by atoms with van der Waals surface area (Å²) >= 11 is 0. The second-order valence-corrected chi connectivity index (χ2v) is 5.86. The predicted molar refractivity (Wildman–Crippen MR) is 91.5 cm³/mol. The highest BCUT2D eigenvalue weighted by Crippen LogP contribution is 2.28. The van der Waals surface area contributed by atoms with Crippen LogP contribution >= 0.6 is 0 Å². The fourth-order valence-electron chi connectivity index (χ4n) is 3.00. The zero-order valence-electron chi connectivity index (χ0n) is 13.4. The molecular weight excluding hydrogens is 304 g/mol. The molecule has 0 saturated carbocycles. The van der Waals surface area contributed by atoms with Crippen LogP contribution in [0.15, 0.2) is 60.7 Å². The molecule has 3 rings (SSSR count). The van der Waals surface area contributed by atoms with Crippen LogP contribution in [0.2, 0.25) is 0 Å². The summed E-state index contributed by atoms with van der Waals surface area (Å²) in [7, 11) is 0. The van der Waals surface area contributed by atoms with Crippen LogP contribution in [-0.4, -0.2) is 30.4 Å². The zero-order valence-corrected chi connectivity index (χ0v) is 13.4. The molecule has 1 saturated heterocycles. The van der Waals surface area contributed by atoms with Crippen LogP contribution in [-0.2, 0) is 4.74 Å². The molecule has 3 N–H and O–H groups in total. The lowest BCUT2D eigenvalue weighted by molar-refractivity contribution is 0.0996. The number of aliphatic hydroxyl groups is 1. The molecule has 0 unspecified atom stereocenters. The number of urea groups is 1. The van der Waals surface area contributed by atoms with Crippen molar-refractivity contribution in [2.75, 3.05) is 13.2 Å². The fraction of sp³-hybridized carbons (Fsp3) is 0.316. The Balaban J connectivity index is 1.61. The van der Waals surface area contributed by atoms with Gasteiger partial charge in [-0.3, -0.25) is 0 Å². The van der Waals surface area contributed by atoms with E-state index in [1.165, 1.54) is 0 Å². The fourth-order valence-corrected chi connectivity index (χ4v) is 3.00. The van der Waals surface area contributed by atoms with E-state index in [0.717, 1.165) is 17.5 Å². The molecule has 2 aromatic rings. The molecule has 3 atom stereocenters. The lowest BCUT2D eigenvalue weighted by Crippen LogP contribution is -2.45. The van der Waals surface area contributed by atoms with E-state index in [1.54, 1.807) is 0 Å². The summed E-state index contributed by atoms with van der Waals surface area (Å²) in [4.78, 5) is 12.3. The summed E-state index contributed by atoms with van der Waals surface area (Å²) in [6.45, 7) is 0.466. The summed E-state index contributed by atoms with van der Waals surface area (Å²) < 4.78 is 5.78. The molecule has 0 bridgehead atoms. The maximum absolute atomic E-state index is 12.3. The van der Waals surface area contributed by atoms with E-state index in [2.05, 4.69) is 10.6 Å². The normalized spacial score (nSPS) is 21.2. The van der Waals surface area contributed by atoms with Gasteiger partial charge in [-0.25, -0.2) is 4.79 Å². The predicted octanol–water partition coefficient (Wildman–Crippen LogP) is 2.55. The quantitative estimate of drug-likeness (QED) is 0.791. The molecule has 1 aliphatic rings. The number of hydrogen-bond acceptors (Lipinski definition) is 3. The average molecular weight is 326 g/mol. The summed E-state index contributed by atoms with van der Waals surface area (Å²) in [6.07, 6.45) is 0.628. The van der Waals surface area contributed by atoms with Crippen molar-refractivity contribution in [1.29, 1.82) is 0 Å². The Labute approximate surface area is 141 Å². The highest BCUT2D eigenvalue weighted by atomic mass is 16.5. The number of amides is 2. The first-order valence-corrected chi connectivity index (χ1v) is 8.17. The first-order chi connectivity index (χ1) is 11.8. The zero-order chi connectivity index (χ0) is 16.8. The number of nitrogens with one attached hydrogen (secondary N) is 2. The minimum Gasteiger partial charge on any atom is -0.394 e. The van der Waals surface area contributed by atoms with E-state index in [0.29, 0.717) is 6.61 Å². The molecule has 2 amide bonds. The van der Waals surface area contributed by atoms with Gasteiger partial charge in [-0.05, 0) is 17.5 Å². The van der Waals surface area contributed by atoms with Gasteiger partial charge < -0.3 is 20.5 Å². The molecule has 0 aliphatic carbocycles. The van der Waals surface area contributed by atoms with Gasteiger partial charge in [0.15, 0.2) is 0 Å². The van der Waals surface area contributed by atoms with E-state index < -0.39 is 6.04 Å². The molecule has 1 heterocycles. The second kappa shape index (κ2) is 7.95. The standard InChI is InChI=1S/C19H22N2O3/c22-13-17(14-7-3-1-4-8-14)21-19(23)20-16-11-12-24-18(16)15-9-5-2-6-10-15/h1-10,16-18,22H,11-13H2,(H2,20,21,23)/t16-,17-,18+/m0/s1. The number of carbonyl (C=O) groups is 1. The van der Waals surface area contributed by atoms with E-state index >= 15 is 0 Å². The van der Waals surface area contributed by atoms with Crippen molar-refractivity contribution in [1.82, 2.24) is 10.6 Å². The van der Waals surface area contributed by atoms with Crippen LogP contribution in [0.5, 0.6) is 0 Å². The number of aliphatic hydroxyl groups excluding tert-OH is 1. The largest absolute Gasteiger partial charge is 0.394 e. The number of ether oxygens (including phenoxy) is 1. The number of benzene rings is 2. The van der Waals surface area contributed by atoms with Gasteiger partial charge in [0.05, 0.1) is 18.7 Å². The highest BCUT2D eigenvalue weighted by molar-refractivity contribution is 5.75. The Kier molecular flexibility index (Phi) is 5.46. The van der Waals surface area contributed by atoms with Gasteiger partial charge >= 0.3 is 6.03 Å². The summed E-state index contributed by atoms with van der Waals surface area (Å²) in [5, 5.41) is 15.4. The summed E-state index contributed by atoms with van der Waals surface area (Å²) in [5.41, 5.74) is 1.93. The monoisotopic (exact) mass is 326 g/mol. The molecule has 2 aromatic carbocycles. The van der Waals surface area contributed by atoms with Crippen molar-refractivity contribution in [3.05, 3.63) is 71.8 Å². The summed E-state index contributed by atoms with van der Waals surface area (Å²) in [6, 6.07) is 18.5. The van der Waals surface area contributed by atoms with Crippen molar-refractivity contribution in [3.8, 4) is 0 Å². The van der Waals surface area contributed by atoms with Gasteiger partial charge in [-0.2, -0.15) is 0 Å². The molecule has 0 spiro atoms. The van der Waals surface area contributed by atoms with Gasteiger partial charge in [0, 0.05) is 6.61 Å². The van der Waals surface area contributed by atoms with Crippen molar-refractivity contribution < 1.29 is 14.6 Å². The van der Waals surface area contributed by atoms with Gasteiger partial charge in [0.2, 0.25) is 0 Å². The molecule has 5 nitrogen and oxygen atoms in total. The number of carbonyl (C=O) groups excluding carboxylic acids is 1. The van der Waals surface area contributed by atoms with Crippen molar-refractivity contribution in [3.63, 3.8) is 0 Å². The Morgan fingerprint density at radius 1 is 1.12 bits per heavy atom. The third-order valence-corrected chi connectivity index (χ3v) is 4.23. The SMILES string of the molecule is O=C(N[C@@H](CO)c1ccccc1)N[C@H]1CCO[C@@H]1c1ccccc1. The Bertz CT molecular complexity index is 648. The van der Waals surface area contributed by atoms with Crippen molar-refractivity contribution >= 4 is 6.03 Å². The Hall–Kier alpha value is -2.37. The molecule has 0 aromatic heterocycles. The molecule has 24 heavy (non-hydrogen) atoms. The van der Waals surface area contributed by atoms with Crippen LogP contribution in [0, 0.1) is 0 Å². The third kappa shape index (κ3) is 3.93. The van der Waals surface area contributed by atoms with Crippen LogP contribution < -0.4 is 10.6 Å². The number of rotatable bonds is 5. The molecule has 1 aliphatic heterocycles. The van der Waals surface area contributed by atoms with Crippen molar-refractivity contribution in [2.45, 2.75) is 24.6 Å². The van der Waals surface area contributed by atoms with E-state index in [4.69, 9.17) is 4.74 Å². The first kappa shape index (κ1) is 16.5. The molecular formula is C19H22N2O3. The van der Waals surface area contributed by atoms with E-state index in [9.17, 15) is 9.90 Å². The maximum Gasteiger partial charge on any atom is 0.315 e. The minimum absolute atomic E-state index is 0.0810. The highest BCUT2D eigenvalue weighted by Gasteiger charge is 2.31. The number of hydrogen-bond donors (Lipinski definition) is 3. The molecule has 5 heteroatoms. The van der Waals surface area contributed by atoms with E-state index in [-0.39, 0.29) is 24.8 Å². The average Bonchev–Trinajstić information content (AvgIpc) is 3.09. The van der Waals surface area contributed by atoms with Crippen LogP contribution in [0.1, 0.15) is 29.7 Å². The molecule has 1 fully saturated rings. The Morgan fingerprint density at radius 2 is 1.79 bits per heavy atom. The second-order valence-electron chi connectivity index (χ2n) is 5.86. The summed E-state index contributed by atoms with van der Waals surface area (Å²) in [5.74, 6) is 0. The lowest BCUT2D eigenvalue weighted by Gasteiger charge is -2.23. The topological polar surface area (TPSA) is 70.6 Å². The van der Waals surface area contributed by atoms with Crippen LogP contribution in [0.25, 0.3) is 0 Å². The first-order valence-electron chi connectivity index (χ1n) is 8.17. The smallest absolute Gasteiger partial charge is 0.315 e. The molecule has 0 radical (unpaired) electrons. The Morgan fingerprint density at radius 3 is 2.46 bits per heavy atom. The van der Waals surface area contributed by atoms with Crippen LogP contribution in [0.4, 0.5) is 4.79 Å². The molecule has 126 valence electrons. The van der Waals surface area contributed by atoms with Gasteiger partial charge in [-0.15, -0.1) is 0 Å². The van der Waals surface area contributed by atoms with Crippen molar-refractivity contribution in [2.24, 2.45) is 0 Å². The van der Waals surface area contributed by atoms with Crippen LogP contribution in [0.3, 0.4) is 0 Å². The van der Waals surface area contributed by atoms with Gasteiger partial charge in [0.1, 0.15) is 6.10 Å². The van der Waals surface area contributed by atoms with Gasteiger partial charge in [-0.1, -0.05) is 60.7 Å².